The Hall–Kier alpha value is -2.34. The zero-order valence-electron chi connectivity index (χ0n) is 13.5. The highest BCUT2D eigenvalue weighted by molar-refractivity contribution is 6.26. The quantitative estimate of drug-likeness (QED) is 0.390. The minimum absolute atomic E-state index is 0.0245. The van der Waals surface area contributed by atoms with Crippen LogP contribution in [0.2, 0.25) is 0 Å². The first kappa shape index (κ1) is 17.5. The second-order valence-corrected chi connectivity index (χ2v) is 6.33. The van der Waals surface area contributed by atoms with Crippen molar-refractivity contribution in [2.24, 2.45) is 0 Å². The summed E-state index contributed by atoms with van der Waals surface area (Å²) < 4.78 is 10.2. The van der Waals surface area contributed by atoms with E-state index in [1.165, 1.54) is 18.6 Å². The third kappa shape index (κ3) is 4.20. The van der Waals surface area contributed by atoms with E-state index in [9.17, 15) is 14.4 Å². The molecular formula is C18H18ClNO5. The monoisotopic (exact) mass is 363 g/mol. The van der Waals surface area contributed by atoms with E-state index in [1.54, 1.807) is 12.1 Å². The summed E-state index contributed by atoms with van der Waals surface area (Å²) in [4.78, 5) is 35.7. The first-order chi connectivity index (χ1) is 12.1. The molecule has 7 heteroatoms. The summed E-state index contributed by atoms with van der Waals surface area (Å²) in [5.74, 6) is -1.07. The molecule has 1 fully saturated rings. The van der Waals surface area contributed by atoms with Crippen LogP contribution in [0.5, 0.6) is 5.75 Å². The second kappa shape index (κ2) is 7.70. The van der Waals surface area contributed by atoms with Crippen LogP contribution in [0.1, 0.15) is 42.5 Å². The molecule has 0 spiro atoms. The number of hydrogen-bond donors (Lipinski definition) is 1. The molecule has 1 aliphatic rings. The fourth-order valence-electron chi connectivity index (χ4n) is 2.98. The Balaban J connectivity index is 1.83. The molecule has 0 unspecified atom stereocenters. The molecule has 0 aliphatic heterocycles. The molecule has 1 N–H and O–H groups in total. The van der Waals surface area contributed by atoms with Gasteiger partial charge in [-0.3, -0.25) is 9.59 Å². The molecule has 1 saturated carbocycles. The lowest BCUT2D eigenvalue weighted by Crippen LogP contribution is -2.38. The van der Waals surface area contributed by atoms with Gasteiger partial charge in [-0.25, -0.2) is 4.79 Å². The van der Waals surface area contributed by atoms with Gasteiger partial charge in [-0.2, -0.15) is 0 Å². The summed E-state index contributed by atoms with van der Waals surface area (Å²) in [6, 6.07) is 6.19. The molecule has 2 aromatic rings. The number of alkyl halides is 1. The van der Waals surface area contributed by atoms with Crippen molar-refractivity contribution < 1.29 is 18.7 Å². The van der Waals surface area contributed by atoms with Gasteiger partial charge in [-0.1, -0.05) is 19.3 Å². The van der Waals surface area contributed by atoms with Gasteiger partial charge in [0.25, 0.3) is 5.91 Å². The molecule has 1 aliphatic carbocycles. The van der Waals surface area contributed by atoms with Crippen LogP contribution >= 0.6 is 11.6 Å². The van der Waals surface area contributed by atoms with Crippen molar-refractivity contribution in [3.8, 4) is 5.75 Å². The summed E-state index contributed by atoms with van der Waals surface area (Å²) in [6.07, 6.45) is 5.21. The predicted octanol–water partition coefficient (Wildman–Crippen LogP) is 3.00. The summed E-state index contributed by atoms with van der Waals surface area (Å²) >= 11 is 5.39. The number of halogens is 1. The van der Waals surface area contributed by atoms with E-state index in [4.69, 9.17) is 20.8 Å². The second-order valence-electron chi connectivity index (χ2n) is 6.06. The average Bonchev–Trinajstić information content (AvgIpc) is 2.61. The Morgan fingerprint density at radius 2 is 1.96 bits per heavy atom. The third-order valence-electron chi connectivity index (χ3n) is 4.23. The molecule has 1 heterocycles. The Morgan fingerprint density at radius 1 is 1.20 bits per heavy atom. The van der Waals surface area contributed by atoms with Crippen LogP contribution in [0.25, 0.3) is 11.0 Å². The molecule has 25 heavy (non-hydrogen) atoms. The number of esters is 1. The van der Waals surface area contributed by atoms with Crippen LogP contribution in [0.3, 0.4) is 0 Å². The number of hydrogen-bond acceptors (Lipinski definition) is 5. The number of carbonyl (C=O) groups is 2. The maximum absolute atomic E-state index is 12.4. The lowest BCUT2D eigenvalue weighted by atomic mass is 9.95. The molecule has 0 radical (unpaired) electrons. The average molecular weight is 364 g/mol. The smallest absolute Gasteiger partial charge is 0.349 e. The molecule has 1 aromatic heterocycles. The zero-order chi connectivity index (χ0) is 17.8. The Bertz CT molecular complexity index is 854. The van der Waals surface area contributed by atoms with Crippen LogP contribution in [-0.2, 0) is 4.79 Å². The van der Waals surface area contributed by atoms with Gasteiger partial charge in [0, 0.05) is 17.5 Å². The van der Waals surface area contributed by atoms with Crippen LogP contribution in [0.4, 0.5) is 0 Å². The molecule has 0 atom stereocenters. The highest BCUT2D eigenvalue weighted by Crippen LogP contribution is 2.21. The number of rotatable bonds is 4. The molecule has 3 rings (SSSR count). The van der Waals surface area contributed by atoms with E-state index >= 15 is 0 Å². The standard InChI is InChI=1S/C18H18ClNO5/c19-10-16(21)24-13-7-6-11-8-14(18(23)25-15(11)9-13)17(22)20-12-4-2-1-3-5-12/h6-9,12H,1-5,10H2,(H,20,22). The topological polar surface area (TPSA) is 85.6 Å². The van der Waals surface area contributed by atoms with Gasteiger partial charge >= 0.3 is 11.6 Å². The van der Waals surface area contributed by atoms with Crippen molar-refractivity contribution in [1.29, 1.82) is 0 Å². The van der Waals surface area contributed by atoms with E-state index in [-0.39, 0.29) is 28.8 Å². The number of fused-ring (bicyclic) bond motifs is 1. The van der Waals surface area contributed by atoms with Gasteiger partial charge in [0.15, 0.2) is 0 Å². The predicted molar refractivity (Wildman–Crippen MR) is 93.2 cm³/mol. The van der Waals surface area contributed by atoms with Crippen LogP contribution < -0.4 is 15.7 Å². The van der Waals surface area contributed by atoms with Crippen molar-refractivity contribution in [2.45, 2.75) is 38.1 Å². The number of amides is 1. The van der Waals surface area contributed by atoms with E-state index < -0.39 is 17.5 Å². The highest BCUT2D eigenvalue weighted by Gasteiger charge is 2.20. The van der Waals surface area contributed by atoms with Crippen molar-refractivity contribution in [2.75, 3.05) is 5.88 Å². The van der Waals surface area contributed by atoms with E-state index in [1.807, 2.05) is 0 Å². The Labute approximate surface area is 149 Å². The highest BCUT2D eigenvalue weighted by atomic mass is 35.5. The fraction of sp³-hybridized carbons (Fsp3) is 0.389. The van der Waals surface area contributed by atoms with Crippen molar-refractivity contribution >= 4 is 34.4 Å². The minimum atomic E-state index is -0.721. The van der Waals surface area contributed by atoms with Crippen LogP contribution in [0, 0.1) is 0 Å². The van der Waals surface area contributed by atoms with Crippen LogP contribution in [0.15, 0.2) is 33.5 Å². The van der Waals surface area contributed by atoms with Gasteiger partial charge in [0.2, 0.25) is 0 Å². The van der Waals surface area contributed by atoms with Crippen molar-refractivity contribution in [1.82, 2.24) is 5.32 Å². The van der Waals surface area contributed by atoms with Crippen molar-refractivity contribution in [3.05, 3.63) is 40.2 Å². The number of benzene rings is 1. The number of ether oxygens (including phenoxy) is 1. The Morgan fingerprint density at radius 3 is 2.68 bits per heavy atom. The van der Waals surface area contributed by atoms with E-state index in [0.29, 0.717) is 5.39 Å². The lowest BCUT2D eigenvalue weighted by molar-refractivity contribution is -0.131. The molecular weight excluding hydrogens is 346 g/mol. The van der Waals surface area contributed by atoms with Gasteiger partial charge < -0.3 is 14.5 Å². The maximum atomic E-state index is 12.4. The Kier molecular flexibility index (Phi) is 5.38. The maximum Gasteiger partial charge on any atom is 0.349 e. The SMILES string of the molecule is O=C(CCl)Oc1ccc2cc(C(=O)NC3CCCCC3)c(=O)oc2c1. The summed E-state index contributed by atoms with van der Waals surface area (Å²) in [5.41, 5.74) is -0.510. The minimum Gasteiger partial charge on any atom is -0.426 e. The fourth-order valence-corrected chi connectivity index (χ4v) is 3.04. The van der Waals surface area contributed by atoms with E-state index in [2.05, 4.69) is 5.32 Å². The van der Waals surface area contributed by atoms with Crippen LogP contribution in [-0.4, -0.2) is 23.8 Å². The molecule has 0 bridgehead atoms. The first-order valence-electron chi connectivity index (χ1n) is 8.22. The normalized spacial score (nSPS) is 15.1. The molecule has 132 valence electrons. The third-order valence-corrected chi connectivity index (χ3v) is 4.45. The van der Waals surface area contributed by atoms with Crippen molar-refractivity contribution in [3.63, 3.8) is 0 Å². The summed E-state index contributed by atoms with van der Waals surface area (Å²) in [7, 11) is 0. The molecule has 6 nitrogen and oxygen atoms in total. The van der Waals surface area contributed by atoms with Gasteiger partial charge in [-0.05, 0) is 31.0 Å². The number of nitrogens with one attached hydrogen (secondary N) is 1. The van der Waals surface area contributed by atoms with Gasteiger partial charge in [0.1, 0.15) is 22.8 Å². The zero-order valence-corrected chi connectivity index (χ0v) is 14.3. The molecule has 0 saturated heterocycles. The van der Waals surface area contributed by atoms with Gasteiger partial charge in [0.05, 0.1) is 0 Å². The van der Waals surface area contributed by atoms with E-state index in [0.717, 1.165) is 25.7 Å². The first-order valence-corrected chi connectivity index (χ1v) is 8.75. The van der Waals surface area contributed by atoms with Gasteiger partial charge in [-0.15, -0.1) is 11.6 Å². The lowest BCUT2D eigenvalue weighted by Gasteiger charge is -2.22. The summed E-state index contributed by atoms with van der Waals surface area (Å²) in [5, 5.41) is 3.47. The number of carbonyl (C=O) groups excluding carboxylic acids is 2. The summed E-state index contributed by atoms with van der Waals surface area (Å²) in [6.45, 7) is 0. The molecule has 1 amide bonds. The molecule has 1 aromatic carbocycles. The largest absolute Gasteiger partial charge is 0.426 e.